The molecule has 0 aliphatic carbocycles. The van der Waals surface area contributed by atoms with Crippen LogP contribution in [-0.4, -0.2) is 31.9 Å². The van der Waals surface area contributed by atoms with E-state index in [1.807, 2.05) is 6.07 Å². The zero-order chi connectivity index (χ0) is 23.0. The molecule has 4 rings (SSSR count). The van der Waals surface area contributed by atoms with Gasteiger partial charge in [0.05, 0.1) is 6.42 Å². The minimum Gasteiger partial charge on any atom is -0.485 e. The normalized spacial score (nSPS) is 11.4. The number of amides is 1. The number of aliphatic carboxylic acids is 1. The van der Waals surface area contributed by atoms with Crippen LogP contribution < -0.4 is 15.4 Å². The first kappa shape index (κ1) is 21.6. The van der Waals surface area contributed by atoms with Gasteiger partial charge in [-0.05, 0) is 48.5 Å². The number of carbonyl (C=O) groups is 2. The number of pyridine rings is 1. The van der Waals surface area contributed by atoms with Crippen LogP contribution in [0.2, 0.25) is 0 Å². The Hall–Kier alpha value is -4.66. The lowest BCUT2D eigenvalue weighted by molar-refractivity contribution is -0.138. The van der Waals surface area contributed by atoms with Crippen LogP contribution in [-0.2, 0) is 4.79 Å². The van der Waals surface area contributed by atoms with E-state index in [1.165, 1.54) is 0 Å². The molecule has 0 fully saturated rings. The highest BCUT2D eigenvalue weighted by Gasteiger charge is 2.18. The van der Waals surface area contributed by atoms with Gasteiger partial charge in [0.15, 0.2) is 0 Å². The van der Waals surface area contributed by atoms with Crippen LogP contribution in [0.1, 0.15) is 28.4 Å². The summed E-state index contributed by atoms with van der Waals surface area (Å²) in [7, 11) is 0. The van der Waals surface area contributed by atoms with Crippen molar-refractivity contribution in [1.82, 2.24) is 15.0 Å². The molecular weight excluding hydrogens is 422 g/mol. The lowest BCUT2D eigenvalue weighted by atomic mass is 10.1. The second kappa shape index (κ2) is 10.1. The molecule has 0 radical (unpaired) electrons. The highest BCUT2D eigenvalue weighted by molar-refractivity contribution is 6.04. The summed E-state index contributed by atoms with van der Waals surface area (Å²) < 4.78 is 5.87. The predicted octanol–water partition coefficient (Wildman–Crippen LogP) is 4.40. The van der Waals surface area contributed by atoms with E-state index in [0.29, 0.717) is 28.5 Å². The average Bonchev–Trinajstić information content (AvgIpc) is 3.33. The number of carboxylic acid groups (broad SMARTS) is 1. The molecule has 166 valence electrons. The fourth-order valence-corrected chi connectivity index (χ4v) is 3.15. The summed E-state index contributed by atoms with van der Waals surface area (Å²) in [5.74, 6) is -0.189. The predicted molar refractivity (Wildman–Crippen MR) is 123 cm³/mol. The maximum atomic E-state index is 12.7. The number of H-pyrrole nitrogens is 1. The Balaban J connectivity index is 1.41. The number of carboxylic acids is 1. The van der Waals surface area contributed by atoms with Crippen molar-refractivity contribution in [2.75, 3.05) is 10.6 Å². The topological polar surface area (TPSA) is 129 Å². The molecule has 4 N–H and O–H groups in total. The van der Waals surface area contributed by atoms with Crippen LogP contribution in [0.4, 0.5) is 17.3 Å². The third-order valence-corrected chi connectivity index (χ3v) is 4.69. The fraction of sp³-hybridized carbons (Fsp3) is 0.0833. The molecule has 0 aliphatic rings. The lowest BCUT2D eigenvalue weighted by Gasteiger charge is -2.18. The molecule has 1 atom stereocenters. The Morgan fingerprint density at radius 2 is 1.88 bits per heavy atom. The van der Waals surface area contributed by atoms with Crippen molar-refractivity contribution < 1.29 is 19.4 Å². The van der Waals surface area contributed by atoms with Crippen LogP contribution in [0.3, 0.4) is 0 Å². The number of aromatic amines is 1. The maximum absolute atomic E-state index is 12.7. The van der Waals surface area contributed by atoms with Gasteiger partial charge in [0.2, 0.25) is 5.95 Å². The van der Waals surface area contributed by atoms with Crippen molar-refractivity contribution in [3.8, 4) is 5.75 Å². The molecule has 9 nitrogen and oxygen atoms in total. The highest BCUT2D eigenvalue weighted by Crippen LogP contribution is 2.26. The van der Waals surface area contributed by atoms with Gasteiger partial charge < -0.3 is 25.5 Å². The second-order valence-electron chi connectivity index (χ2n) is 7.11. The first-order valence-electron chi connectivity index (χ1n) is 10.1. The maximum Gasteiger partial charge on any atom is 0.307 e. The largest absolute Gasteiger partial charge is 0.485 e. The van der Waals surface area contributed by atoms with E-state index < -0.39 is 12.1 Å². The van der Waals surface area contributed by atoms with Crippen molar-refractivity contribution in [2.45, 2.75) is 12.5 Å². The zero-order valence-corrected chi connectivity index (χ0v) is 17.4. The average molecular weight is 443 g/mol. The molecule has 9 heteroatoms. The van der Waals surface area contributed by atoms with E-state index in [9.17, 15) is 14.7 Å². The van der Waals surface area contributed by atoms with Crippen molar-refractivity contribution in [3.63, 3.8) is 0 Å². The number of hydrogen-bond acceptors (Lipinski definition) is 6. The first-order valence-corrected chi connectivity index (χ1v) is 10.1. The van der Waals surface area contributed by atoms with Gasteiger partial charge in [-0.1, -0.05) is 12.1 Å². The van der Waals surface area contributed by atoms with Gasteiger partial charge in [-0.15, -0.1) is 0 Å². The molecule has 0 spiro atoms. The molecule has 2 aromatic carbocycles. The van der Waals surface area contributed by atoms with E-state index >= 15 is 0 Å². The van der Waals surface area contributed by atoms with Gasteiger partial charge in [0.25, 0.3) is 5.91 Å². The summed E-state index contributed by atoms with van der Waals surface area (Å²) in [6.45, 7) is 0. The van der Waals surface area contributed by atoms with Crippen molar-refractivity contribution in [2.24, 2.45) is 0 Å². The third kappa shape index (κ3) is 5.95. The Bertz CT molecular complexity index is 1210. The number of ether oxygens (including phenoxy) is 1. The SMILES string of the molecule is O=C(O)CC(Oc1ccc(NC(=O)c2cccc(Nc3ncc[nH]3)c2)cc1)c1cccnc1. The fourth-order valence-electron chi connectivity index (χ4n) is 3.15. The van der Waals surface area contributed by atoms with Crippen molar-refractivity contribution in [1.29, 1.82) is 0 Å². The summed E-state index contributed by atoms with van der Waals surface area (Å²) in [4.78, 5) is 35.0. The van der Waals surface area contributed by atoms with Crippen LogP contribution in [0.25, 0.3) is 0 Å². The number of nitrogens with one attached hydrogen (secondary N) is 3. The van der Waals surface area contributed by atoms with Crippen molar-refractivity contribution >= 4 is 29.2 Å². The molecule has 0 saturated heterocycles. The molecule has 0 bridgehead atoms. The minimum absolute atomic E-state index is 0.202. The minimum atomic E-state index is -0.975. The van der Waals surface area contributed by atoms with Gasteiger partial charge in [-0.2, -0.15) is 0 Å². The molecule has 33 heavy (non-hydrogen) atoms. The standard InChI is InChI=1S/C24H21N5O4/c30-22(31)14-21(17-4-2-10-25-15-17)33-20-8-6-18(7-9-20)28-23(32)16-3-1-5-19(13-16)29-24-26-11-12-27-24/h1-13,15,21H,14H2,(H,28,32)(H,30,31)(H2,26,27,29). The van der Waals surface area contributed by atoms with E-state index in [4.69, 9.17) is 4.74 Å². The Labute approximate surface area is 189 Å². The van der Waals surface area contributed by atoms with E-state index in [0.717, 1.165) is 5.69 Å². The Morgan fingerprint density at radius 1 is 1.03 bits per heavy atom. The number of rotatable bonds is 9. The number of hydrogen-bond donors (Lipinski definition) is 4. The van der Waals surface area contributed by atoms with Gasteiger partial charge in [-0.25, -0.2) is 4.98 Å². The number of imidazole rings is 1. The molecular formula is C24H21N5O4. The number of nitrogens with zero attached hydrogens (tertiary/aromatic N) is 2. The molecule has 1 unspecified atom stereocenters. The van der Waals surface area contributed by atoms with E-state index in [2.05, 4.69) is 25.6 Å². The molecule has 0 aliphatic heterocycles. The molecule has 4 aromatic rings. The van der Waals surface area contributed by atoms with Crippen LogP contribution in [0, 0.1) is 0 Å². The van der Waals surface area contributed by atoms with Crippen LogP contribution in [0.5, 0.6) is 5.75 Å². The smallest absolute Gasteiger partial charge is 0.307 e. The summed E-state index contributed by atoms with van der Waals surface area (Å²) in [5.41, 5.74) is 2.44. The van der Waals surface area contributed by atoms with Gasteiger partial charge in [0.1, 0.15) is 11.9 Å². The Morgan fingerprint density at radius 3 is 2.58 bits per heavy atom. The zero-order valence-electron chi connectivity index (χ0n) is 17.4. The number of carbonyl (C=O) groups excluding carboxylic acids is 1. The molecule has 0 saturated carbocycles. The number of anilines is 3. The molecule has 2 aromatic heterocycles. The van der Waals surface area contributed by atoms with Gasteiger partial charge in [-0.3, -0.25) is 14.6 Å². The molecule has 1 amide bonds. The van der Waals surface area contributed by atoms with Gasteiger partial charge >= 0.3 is 5.97 Å². The Kier molecular flexibility index (Phi) is 6.60. The van der Waals surface area contributed by atoms with E-state index in [-0.39, 0.29) is 12.3 Å². The second-order valence-corrected chi connectivity index (χ2v) is 7.11. The van der Waals surface area contributed by atoms with Crippen LogP contribution in [0.15, 0.2) is 85.5 Å². The van der Waals surface area contributed by atoms with Crippen LogP contribution >= 0.6 is 0 Å². The monoisotopic (exact) mass is 443 g/mol. The summed E-state index contributed by atoms with van der Waals surface area (Å²) in [6, 6.07) is 17.3. The van der Waals surface area contributed by atoms with Crippen molar-refractivity contribution in [3.05, 3.63) is 96.6 Å². The quantitative estimate of drug-likeness (QED) is 0.302. The molecule has 2 heterocycles. The summed E-state index contributed by atoms with van der Waals surface area (Å²) >= 11 is 0. The summed E-state index contributed by atoms with van der Waals surface area (Å²) in [6.07, 6.45) is 5.64. The summed E-state index contributed by atoms with van der Waals surface area (Å²) in [5, 5.41) is 15.1. The lowest BCUT2D eigenvalue weighted by Crippen LogP contribution is -2.13. The van der Waals surface area contributed by atoms with Gasteiger partial charge in [0, 0.05) is 47.3 Å². The number of benzene rings is 2. The number of aromatic nitrogens is 3. The highest BCUT2D eigenvalue weighted by atomic mass is 16.5. The first-order chi connectivity index (χ1) is 16.1. The van der Waals surface area contributed by atoms with E-state index in [1.54, 1.807) is 79.4 Å². The third-order valence-electron chi connectivity index (χ3n) is 4.69.